The van der Waals surface area contributed by atoms with Crippen LogP contribution in [0.3, 0.4) is 0 Å². The second kappa shape index (κ2) is 5.53. The molecule has 16 heavy (non-hydrogen) atoms. The summed E-state index contributed by atoms with van der Waals surface area (Å²) < 4.78 is 15.9. The first-order valence-corrected chi connectivity index (χ1v) is 5.27. The molecule has 0 bridgehead atoms. The third-order valence-electron chi connectivity index (χ3n) is 1.55. The number of aromatic nitrogens is 2. The minimum absolute atomic E-state index is 0.0477. The SMILES string of the molecule is COc1nc(OC(C)C)cc(OC(C)C)n1. The van der Waals surface area contributed by atoms with Gasteiger partial charge in [0.05, 0.1) is 25.4 Å². The summed E-state index contributed by atoms with van der Waals surface area (Å²) in [6, 6.07) is 1.90. The number of methoxy groups -OCH3 is 1. The largest absolute Gasteiger partial charge is 0.475 e. The predicted molar refractivity (Wildman–Crippen MR) is 60.1 cm³/mol. The van der Waals surface area contributed by atoms with Crippen LogP contribution in [0.2, 0.25) is 0 Å². The fourth-order valence-electron chi connectivity index (χ4n) is 1.08. The Labute approximate surface area is 95.8 Å². The van der Waals surface area contributed by atoms with E-state index in [2.05, 4.69) is 9.97 Å². The average Bonchev–Trinajstić information content (AvgIpc) is 2.14. The van der Waals surface area contributed by atoms with E-state index in [1.807, 2.05) is 27.7 Å². The van der Waals surface area contributed by atoms with Crippen LogP contribution in [0.5, 0.6) is 17.8 Å². The number of hydrogen-bond donors (Lipinski definition) is 0. The summed E-state index contributed by atoms with van der Waals surface area (Å²) in [4.78, 5) is 8.13. The van der Waals surface area contributed by atoms with Gasteiger partial charge in [0.25, 0.3) is 0 Å². The lowest BCUT2D eigenvalue weighted by Crippen LogP contribution is -2.11. The van der Waals surface area contributed by atoms with Crippen LogP contribution in [0, 0.1) is 0 Å². The van der Waals surface area contributed by atoms with E-state index in [4.69, 9.17) is 14.2 Å². The van der Waals surface area contributed by atoms with E-state index in [0.29, 0.717) is 11.8 Å². The molecule has 0 saturated carbocycles. The Balaban J connectivity index is 2.91. The van der Waals surface area contributed by atoms with Gasteiger partial charge in [0.15, 0.2) is 0 Å². The fourth-order valence-corrected chi connectivity index (χ4v) is 1.08. The molecule has 0 saturated heterocycles. The standard InChI is InChI=1S/C11H18N2O3/c1-7(2)15-9-6-10(16-8(3)4)13-11(12-9)14-5/h6-8H,1-5H3. The van der Waals surface area contributed by atoms with Gasteiger partial charge in [-0.3, -0.25) is 0 Å². The molecule has 1 rings (SSSR count). The van der Waals surface area contributed by atoms with Crippen molar-refractivity contribution in [3.05, 3.63) is 6.07 Å². The van der Waals surface area contributed by atoms with Gasteiger partial charge in [-0.25, -0.2) is 0 Å². The van der Waals surface area contributed by atoms with Gasteiger partial charge in [-0.05, 0) is 27.7 Å². The van der Waals surface area contributed by atoms with Gasteiger partial charge in [-0.2, -0.15) is 9.97 Å². The minimum atomic E-state index is 0.0477. The molecule has 0 fully saturated rings. The second-order valence-electron chi connectivity index (χ2n) is 3.86. The number of nitrogens with zero attached hydrogens (tertiary/aromatic N) is 2. The molecule has 0 N–H and O–H groups in total. The van der Waals surface area contributed by atoms with Gasteiger partial charge in [-0.1, -0.05) is 0 Å². The van der Waals surface area contributed by atoms with Crippen molar-refractivity contribution in [3.8, 4) is 17.8 Å². The lowest BCUT2D eigenvalue weighted by atomic mass is 10.4. The van der Waals surface area contributed by atoms with Crippen LogP contribution >= 0.6 is 0 Å². The second-order valence-corrected chi connectivity index (χ2v) is 3.86. The Morgan fingerprint density at radius 1 is 0.938 bits per heavy atom. The quantitative estimate of drug-likeness (QED) is 0.769. The van der Waals surface area contributed by atoms with E-state index in [1.165, 1.54) is 7.11 Å². The summed E-state index contributed by atoms with van der Waals surface area (Å²) in [5, 5.41) is 0. The van der Waals surface area contributed by atoms with Gasteiger partial charge in [0.2, 0.25) is 11.8 Å². The summed E-state index contributed by atoms with van der Waals surface area (Å²) in [7, 11) is 1.51. The molecule has 1 heterocycles. The molecule has 0 aliphatic carbocycles. The highest BCUT2D eigenvalue weighted by molar-refractivity contribution is 5.23. The molecule has 1 aromatic heterocycles. The third kappa shape index (κ3) is 3.92. The number of rotatable bonds is 5. The zero-order valence-electron chi connectivity index (χ0n) is 10.4. The smallest absolute Gasteiger partial charge is 0.322 e. The zero-order valence-corrected chi connectivity index (χ0v) is 10.4. The fraction of sp³-hybridized carbons (Fsp3) is 0.636. The predicted octanol–water partition coefficient (Wildman–Crippen LogP) is 2.06. The van der Waals surface area contributed by atoms with Crippen molar-refractivity contribution in [1.82, 2.24) is 9.97 Å². The van der Waals surface area contributed by atoms with Crippen LogP contribution in [0.1, 0.15) is 27.7 Å². The van der Waals surface area contributed by atoms with Gasteiger partial charge >= 0.3 is 6.01 Å². The van der Waals surface area contributed by atoms with Gasteiger partial charge < -0.3 is 14.2 Å². The normalized spacial score (nSPS) is 10.7. The lowest BCUT2D eigenvalue weighted by Gasteiger charge is -2.12. The van der Waals surface area contributed by atoms with Gasteiger partial charge in [0.1, 0.15) is 0 Å². The molecule has 90 valence electrons. The van der Waals surface area contributed by atoms with Crippen LogP contribution in [0.4, 0.5) is 0 Å². The molecule has 0 aromatic carbocycles. The Morgan fingerprint density at radius 2 is 1.38 bits per heavy atom. The number of ether oxygens (including phenoxy) is 3. The van der Waals surface area contributed by atoms with E-state index in [9.17, 15) is 0 Å². The van der Waals surface area contributed by atoms with E-state index in [-0.39, 0.29) is 18.2 Å². The Hall–Kier alpha value is -1.52. The topological polar surface area (TPSA) is 53.5 Å². The van der Waals surface area contributed by atoms with E-state index in [0.717, 1.165) is 0 Å². The molecule has 0 aliphatic rings. The van der Waals surface area contributed by atoms with Crippen molar-refractivity contribution in [3.63, 3.8) is 0 Å². The monoisotopic (exact) mass is 226 g/mol. The first-order chi connectivity index (χ1) is 7.51. The Bertz CT molecular complexity index is 312. The molecule has 0 amide bonds. The van der Waals surface area contributed by atoms with E-state index in [1.54, 1.807) is 6.07 Å². The van der Waals surface area contributed by atoms with Gasteiger partial charge in [0, 0.05) is 0 Å². The highest BCUT2D eigenvalue weighted by Gasteiger charge is 2.09. The summed E-state index contributed by atoms with van der Waals surface area (Å²) in [6.07, 6.45) is 0.0954. The molecule has 0 radical (unpaired) electrons. The van der Waals surface area contributed by atoms with E-state index >= 15 is 0 Å². The molecule has 0 aliphatic heterocycles. The first-order valence-electron chi connectivity index (χ1n) is 5.27. The van der Waals surface area contributed by atoms with Crippen molar-refractivity contribution >= 4 is 0 Å². The minimum Gasteiger partial charge on any atom is -0.475 e. The van der Waals surface area contributed by atoms with Crippen LogP contribution in [0.15, 0.2) is 6.07 Å². The molecule has 0 atom stereocenters. The third-order valence-corrected chi connectivity index (χ3v) is 1.55. The summed E-state index contributed by atoms with van der Waals surface area (Å²) in [5.74, 6) is 0.912. The number of hydrogen-bond acceptors (Lipinski definition) is 5. The molecule has 0 unspecified atom stereocenters. The molecule has 1 aromatic rings. The summed E-state index contributed by atoms with van der Waals surface area (Å²) >= 11 is 0. The van der Waals surface area contributed by atoms with Crippen LogP contribution in [-0.2, 0) is 0 Å². The zero-order chi connectivity index (χ0) is 12.1. The van der Waals surface area contributed by atoms with Crippen LogP contribution in [-0.4, -0.2) is 29.3 Å². The maximum Gasteiger partial charge on any atom is 0.322 e. The van der Waals surface area contributed by atoms with Crippen molar-refractivity contribution in [1.29, 1.82) is 0 Å². The van der Waals surface area contributed by atoms with Gasteiger partial charge in [-0.15, -0.1) is 0 Å². The van der Waals surface area contributed by atoms with Crippen LogP contribution in [0.25, 0.3) is 0 Å². The van der Waals surface area contributed by atoms with E-state index < -0.39 is 0 Å². The first kappa shape index (κ1) is 12.5. The van der Waals surface area contributed by atoms with Crippen LogP contribution < -0.4 is 14.2 Å². The molecule has 5 nitrogen and oxygen atoms in total. The maximum atomic E-state index is 5.47. The van der Waals surface area contributed by atoms with Crippen molar-refractivity contribution < 1.29 is 14.2 Å². The molecule has 0 spiro atoms. The molecular weight excluding hydrogens is 208 g/mol. The lowest BCUT2D eigenvalue weighted by molar-refractivity contribution is 0.209. The average molecular weight is 226 g/mol. The maximum absolute atomic E-state index is 5.47. The van der Waals surface area contributed by atoms with Crippen molar-refractivity contribution in [2.24, 2.45) is 0 Å². The summed E-state index contributed by atoms with van der Waals surface area (Å²) in [6.45, 7) is 7.71. The molecule has 5 heteroatoms. The van der Waals surface area contributed by atoms with Crippen molar-refractivity contribution in [2.75, 3.05) is 7.11 Å². The highest BCUT2D eigenvalue weighted by Crippen LogP contribution is 2.20. The molecular formula is C11H18N2O3. The Morgan fingerprint density at radius 3 is 1.69 bits per heavy atom. The van der Waals surface area contributed by atoms with Crippen molar-refractivity contribution in [2.45, 2.75) is 39.9 Å². The summed E-state index contributed by atoms with van der Waals surface area (Å²) in [5.41, 5.74) is 0. The highest BCUT2D eigenvalue weighted by atomic mass is 16.5. The Kier molecular flexibility index (Phi) is 4.34.